The topological polar surface area (TPSA) is 76.7 Å². The van der Waals surface area contributed by atoms with E-state index in [1.807, 2.05) is 0 Å². The minimum atomic E-state index is -4.50. The molecule has 0 saturated carbocycles. The first-order valence-electron chi connectivity index (χ1n) is 9.74. The summed E-state index contributed by atoms with van der Waals surface area (Å²) >= 11 is 1.99. The minimum Gasteiger partial charge on any atom is -0.382 e. The van der Waals surface area contributed by atoms with Crippen molar-refractivity contribution in [3.8, 4) is 11.4 Å². The Bertz CT molecular complexity index is 1280. The normalized spacial score (nSPS) is 14.7. The molecule has 0 spiro atoms. The van der Waals surface area contributed by atoms with Crippen LogP contribution < -0.4 is 0 Å². The number of aromatic nitrogens is 5. The lowest BCUT2D eigenvalue weighted by molar-refractivity contribution is -0.137. The number of hydrogen-bond acceptors (Lipinski definition) is 7. The summed E-state index contributed by atoms with van der Waals surface area (Å²) < 4.78 is 73.0. The largest absolute Gasteiger partial charge is 0.416 e. The van der Waals surface area contributed by atoms with Crippen LogP contribution >= 0.6 is 23.3 Å². The molecule has 0 aliphatic heterocycles. The van der Waals surface area contributed by atoms with Crippen LogP contribution in [-0.2, 0) is 18.3 Å². The fourth-order valence-corrected chi connectivity index (χ4v) is 5.29. The summed E-state index contributed by atoms with van der Waals surface area (Å²) in [6, 6.07) is 7.51. The molecule has 34 heavy (non-hydrogen) atoms. The van der Waals surface area contributed by atoms with Crippen molar-refractivity contribution in [2.24, 2.45) is 0 Å². The molecular weight excluding hydrogens is 497 g/mol. The van der Waals surface area contributed by atoms with Gasteiger partial charge in [-0.2, -0.15) is 22.6 Å². The van der Waals surface area contributed by atoms with Crippen LogP contribution in [0.4, 0.5) is 22.0 Å². The minimum absolute atomic E-state index is 0.0959. The first kappa shape index (κ1) is 24.2. The number of halogens is 5. The zero-order valence-corrected chi connectivity index (χ0v) is 19.0. The Hall–Kier alpha value is -2.90. The first-order chi connectivity index (χ1) is 16.1. The van der Waals surface area contributed by atoms with Crippen LogP contribution in [0.3, 0.4) is 0 Å². The Kier molecular flexibility index (Phi) is 6.69. The van der Waals surface area contributed by atoms with Gasteiger partial charge in [0, 0.05) is 22.4 Å². The molecule has 2 heterocycles. The summed E-state index contributed by atoms with van der Waals surface area (Å²) in [6.07, 6.45) is -1.90. The molecule has 178 valence electrons. The molecule has 2 atom stereocenters. The molecule has 0 aliphatic rings. The zero-order valence-electron chi connectivity index (χ0n) is 17.4. The SMILES string of the molecule is C[C@@H](Sc1nc(-c2cccc(C(F)(F)F)c2)ns1)[C@](O)(Cn1cncn1)c1ccc(F)cc1F. The van der Waals surface area contributed by atoms with E-state index >= 15 is 0 Å². The molecule has 0 fully saturated rings. The Balaban J connectivity index is 1.63. The van der Waals surface area contributed by atoms with E-state index in [1.165, 1.54) is 29.5 Å². The highest BCUT2D eigenvalue weighted by atomic mass is 32.2. The van der Waals surface area contributed by atoms with Gasteiger partial charge in [0.05, 0.1) is 12.1 Å². The average Bonchev–Trinajstić information content (AvgIpc) is 3.45. The molecular formula is C21H16F5N5OS2. The van der Waals surface area contributed by atoms with Crippen molar-refractivity contribution in [1.29, 1.82) is 0 Å². The van der Waals surface area contributed by atoms with Gasteiger partial charge in [-0.3, -0.25) is 0 Å². The number of alkyl halides is 3. The van der Waals surface area contributed by atoms with Crippen molar-refractivity contribution in [3.63, 3.8) is 0 Å². The van der Waals surface area contributed by atoms with Crippen molar-refractivity contribution >= 4 is 23.3 Å². The standard InChI is InChI=1S/C21H16F5N5OS2/c1-12(20(32,9-31-11-27-10-28-31)16-6-5-15(22)8-17(16)23)33-19-29-18(30-34-19)13-3-2-4-14(7-13)21(24,25)26/h2-8,10-12,32H,9H2,1H3/t12-,20-/m1/s1. The monoisotopic (exact) mass is 513 g/mol. The Morgan fingerprint density at radius 2 is 1.94 bits per heavy atom. The lowest BCUT2D eigenvalue weighted by atomic mass is 9.90. The van der Waals surface area contributed by atoms with Gasteiger partial charge in [-0.25, -0.2) is 23.4 Å². The second-order valence-corrected chi connectivity index (χ2v) is 9.70. The molecule has 1 N–H and O–H groups in total. The molecule has 4 aromatic rings. The molecule has 0 unspecified atom stereocenters. The quantitative estimate of drug-likeness (QED) is 0.272. The zero-order chi connectivity index (χ0) is 24.5. The predicted octanol–water partition coefficient (Wildman–Crippen LogP) is 5.16. The van der Waals surface area contributed by atoms with Crippen molar-refractivity contribution < 1.29 is 27.1 Å². The van der Waals surface area contributed by atoms with Gasteiger partial charge in [-0.05, 0) is 36.7 Å². The predicted molar refractivity (Wildman–Crippen MR) is 116 cm³/mol. The third-order valence-electron chi connectivity index (χ3n) is 5.07. The number of hydrogen-bond donors (Lipinski definition) is 1. The number of rotatable bonds is 7. The lowest BCUT2D eigenvalue weighted by Gasteiger charge is -2.33. The van der Waals surface area contributed by atoms with Gasteiger partial charge < -0.3 is 5.11 Å². The van der Waals surface area contributed by atoms with E-state index in [1.54, 1.807) is 6.92 Å². The van der Waals surface area contributed by atoms with Crippen molar-refractivity contribution in [2.75, 3.05) is 0 Å². The molecule has 6 nitrogen and oxygen atoms in total. The van der Waals surface area contributed by atoms with Gasteiger partial charge in [0.2, 0.25) is 0 Å². The molecule has 2 aromatic heterocycles. The maximum atomic E-state index is 14.7. The maximum Gasteiger partial charge on any atom is 0.416 e. The van der Waals surface area contributed by atoms with E-state index in [0.717, 1.165) is 47.6 Å². The second-order valence-electron chi connectivity index (χ2n) is 7.36. The van der Waals surface area contributed by atoms with Crippen LogP contribution in [0.1, 0.15) is 18.1 Å². The number of nitrogens with zero attached hydrogens (tertiary/aromatic N) is 5. The van der Waals surface area contributed by atoms with Crippen molar-refractivity contribution in [1.82, 2.24) is 24.1 Å². The molecule has 0 saturated heterocycles. The number of aliphatic hydroxyl groups is 1. The summed E-state index contributed by atoms with van der Waals surface area (Å²) in [7, 11) is 0. The highest BCUT2D eigenvalue weighted by Crippen LogP contribution is 2.40. The van der Waals surface area contributed by atoms with Crippen LogP contribution in [0, 0.1) is 11.6 Å². The van der Waals surface area contributed by atoms with Gasteiger partial charge in [0.1, 0.15) is 29.9 Å². The third kappa shape index (κ3) is 5.10. The summed E-state index contributed by atoms with van der Waals surface area (Å²) in [5, 5.41) is 14.8. The van der Waals surface area contributed by atoms with Crippen LogP contribution in [0.15, 0.2) is 59.5 Å². The molecule has 2 aromatic carbocycles. The molecule has 13 heteroatoms. The van der Waals surface area contributed by atoms with Gasteiger partial charge in [-0.15, -0.1) is 0 Å². The second kappa shape index (κ2) is 9.39. The Morgan fingerprint density at radius 1 is 1.15 bits per heavy atom. The van der Waals surface area contributed by atoms with E-state index in [4.69, 9.17) is 0 Å². The fourth-order valence-electron chi connectivity index (χ4n) is 3.29. The van der Waals surface area contributed by atoms with Crippen LogP contribution in [0.2, 0.25) is 0 Å². The molecule has 0 aliphatic carbocycles. The van der Waals surface area contributed by atoms with Gasteiger partial charge in [0.15, 0.2) is 10.2 Å². The van der Waals surface area contributed by atoms with Crippen molar-refractivity contribution in [2.45, 2.75) is 34.8 Å². The molecule has 0 radical (unpaired) electrons. The summed E-state index contributed by atoms with van der Waals surface area (Å²) in [5.41, 5.74) is -2.64. The van der Waals surface area contributed by atoms with Gasteiger partial charge in [0.25, 0.3) is 0 Å². The van der Waals surface area contributed by atoms with Gasteiger partial charge in [-0.1, -0.05) is 30.0 Å². The highest BCUT2D eigenvalue weighted by molar-refractivity contribution is 8.01. The van der Waals surface area contributed by atoms with E-state index in [0.29, 0.717) is 10.4 Å². The van der Waals surface area contributed by atoms with E-state index in [9.17, 15) is 27.1 Å². The lowest BCUT2D eigenvalue weighted by Crippen LogP contribution is -2.41. The first-order valence-corrected chi connectivity index (χ1v) is 11.4. The van der Waals surface area contributed by atoms with Crippen LogP contribution in [0.25, 0.3) is 11.4 Å². The summed E-state index contributed by atoms with van der Waals surface area (Å²) in [4.78, 5) is 8.11. The molecule has 0 bridgehead atoms. The average molecular weight is 514 g/mol. The summed E-state index contributed by atoms with van der Waals surface area (Å²) in [5.74, 6) is -1.63. The summed E-state index contributed by atoms with van der Waals surface area (Å²) in [6.45, 7) is 1.43. The number of thioether (sulfide) groups is 1. The smallest absolute Gasteiger partial charge is 0.382 e. The van der Waals surface area contributed by atoms with E-state index < -0.39 is 34.2 Å². The maximum absolute atomic E-state index is 14.7. The Morgan fingerprint density at radius 3 is 2.62 bits per heavy atom. The fraction of sp³-hybridized carbons (Fsp3) is 0.238. The van der Waals surface area contributed by atoms with Crippen molar-refractivity contribution in [3.05, 3.63) is 77.9 Å². The highest BCUT2D eigenvalue weighted by Gasteiger charge is 2.40. The van der Waals surface area contributed by atoms with E-state index in [-0.39, 0.29) is 23.5 Å². The molecule has 4 rings (SSSR count). The van der Waals surface area contributed by atoms with E-state index in [2.05, 4.69) is 19.4 Å². The molecule has 0 amide bonds. The third-order valence-corrected chi connectivity index (χ3v) is 7.13. The van der Waals surface area contributed by atoms with Gasteiger partial charge >= 0.3 is 6.18 Å². The van der Waals surface area contributed by atoms with Crippen LogP contribution in [0.5, 0.6) is 0 Å². The Labute approximate surface area is 198 Å². The number of benzene rings is 2. The van der Waals surface area contributed by atoms with Crippen LogP contribution in [-0.4, -0.2) is 34.5 Å².